The molecule has 0 unspecified atom stereocenters. The summed E-state index contributed by atoms with van der Waals surface area (Å²) in [7, 11) is 0. The van der Waals surface area contributed by atoms with Crippen LogP contribution in [-0.4, -0.2) is 21.6 Å². The molecule has 0 saturated heterocycles. The summed E-state index contributed by atoms with van der Waals surface area (Å²) in [5, 5.41) is 13.3. The number of amides is 1. The summed E-state index contributed by atoms with van der Waals surface area (Å²) in [5.74, 6) is -1.35. The molecule has 1 aromatic heterocycles. The van der Waals surface area contributed by atoms with Crippen LogP contribution in [0, 0.1) is 0 Å². The van der Waals surface area contributed by atoms with Crippen LogP contribution in [0.1, 0.15) is 10.4 Å². The maximum absolute atomic E-state index is 12.3. The van der Waals surface area contributed by atoms with Crippen LogP contribution in [0.25, 0.3) is 11.0 Å². The van der Waals surface area contributed by atoms with E-state index in [0.717, 1.165) is 4.57 Å². The number of nitrogens with one attached hydrogen (secondary N) is 2. The van der Waals surface area contributed by atoms with Crippen molar-refractivity contribution in [2.75, 3.05) is 5.32 Å². The van der Waals surface area contributed by atoms with Crippen molar-refractivity contribution in [1.82, 2.24) is 9.55 Å². The average molecular weight is 319 g/mol. The third-order valence-electron chi connectivity index (χ3n) is 3.14. The minimum Gasteiger partial charge on any atom is -0.545 e. The van der Waals surface area contributed by atoms with E-state index in [0.29, 0.717) is 11.0 Å². The molecule has 0 aliphatic heterocycles. The van der Waals surface area contributed by atoms with Gasteiger partial charge in [0.25, 0.3) is 0 Å². The fraction of sp³-hybridized carbons (Fsp3) is 0. The van der Waals surface area contributed by atoms with Gasteiger partial charge in [-0.05, 0) is 29.8 Å². The van der Waals surface area contributed by atoms with E-state index < -0.39 is 17.7 Å². The van der Waals surface area contributed by atoms with Gasteiger partial charge in [0, 0.05) is 5.69 Å². The van der Waals surface area contributed by atoms with Gasteiger partial charge < -0.3 is 20.2 Å². The van der Waals surface area contributed by atoms with Gasteiger partial charge >= 0.3 is 41.3 Å². The Morgan fingerprint density at radius 2 is 1.83 bits per heavy atom. The van der Waals surface area contributed by atoms with Crippen molar-refractivity contribution in [1.29, 1.82) is 0 Å². The summed E-state index contributed by atoms with van der Waals surface area (Å²) in [6.07, 6.45) is 0. The molecule has 0 bridgehead atoms. The maximum atomic E-state index is 12.3. The molecule has 1 heterocycles. The Kier molecular flexibility index (Phi) is 5.05. The second kappa shape index (κ2) is 6.82. The van der Waals surface area contributed by atoms with E-state index in [2.05, 4.69) is 10.3 Å². The fourth-order valence-electron chi connectivity index (χ4n) is 2.16. The number of rotatable bonds is 2. The summed E-state index contributed by atoms with van der Waals surface area (Å²) in [6.45, 7) is 0. The molecule has 3 aromatic rings. The van der Waals surface area contributed by atoms with Crippen molar-refractivity contribution < 1.29 is 44.3 Å². The molecular weight excluding hydrogens is 309 g/mol. The summed E-state index contributed by atoms with van der Waals surface area (Å²) >= 11 is 0. The molecule has 0 aliphatic carbocycles. The number of aromatic carboxylic acids is 1. The van der Waals surface area contributed by atoms with E-state index in [1.165, 1.54) is 24.3 Å². The number of carboxylic acids is 1. The van der Waals surface area contributed by atoms with Crippen molar-refractivity contribution in [3.63, 3.8) is 0 Å². The number of carbonyl (C=O) groups excluding carboxylic acids is 2. The number of para-hydroxylation sites is 2. The van der Waals surface area contributed by atoms with Gasteiger partial charge in [-0.2, -0.15) is 0 Å². The monoisotopic (exact) mass is 319 g/mol. The first-order valence-corrected chi connectivity index (χ1v) is 6.39. The Bertz CT molecular complexity index is 945. The fourth-order valence-corrected chi connectivity index (χ4v) is 2.16. The molecule has 0 aliphatic rings. The van der Waals surface area contributed by atoms with Crippen molar-refractivity contribution in [2.24, 2.45) is 0 Å². The molecule has 2 N–H and O–H groups in total. The number of carbonyl (C=O) groups is 2. The molecule has 3 rings (SSSR count). The number of nitrogens with zero attached hydrogens (tertiary/aromatic N) is 1. The van der Waals surface area contributed by atoms with Crippen molar-refractivity contribution in [2.45, 2.75) is 0 Å². The molecule has 0 radical (unpaired) electrons. The van der Waals surface area contributed by atoms with Crippen LogP contribution in [0.15, 0.2) is 53.3 Å². The maximum Gasteiger partial charge on any atom is 1.00 e. The summed E-state index contributed by atoms with van der Waals surface area (Å²) in [5.41, 5.74) is 0.579. The number of aromatic nitrogens is 2. The quantitative estimate of drug-likeness (QED) is 0.522. The number of carboxylic acid groups (broad SMARTS) is 1. The molecule has 1 amide bonds. The zero-order valence-corrected chi connectivity index (χ0v) is 14.2. The van der Waals surface area contributed by atoms with Crippen molar-refractivity contribution >= 4 is 28.7 Å². The number of H-pyrrole nitrogens is 1. The van der Waals surface area contributed by atoms with Gasteiger partial charge in [0.15, 0.2) is 0 Å². The number of anilines is 1. The second-order valence-corrected chi connectivity index (χ2v) is 4.58. The van der Waals surface area contributed by atoms with E-state index in [9.17, 15) is 19.5 Å². The summed E-state index contributed by atoms with van der Waals surface area (Å²) in [4.78, 5) is 37.5. The molecule has 0 spiro atoms. The first kappa shape index (κ1) is 17.0. The van der Waals surface area contributed by atoms with E-state index >= 15 is 0 Å². The van der Waals surface area contributed by atoms with Gasteiger partial charge in [-0.15, -0.1) is 0 Å². The van der Waals surface area contributed by atoms with Crippen molar-refractivity contribution in [3.05, 3.63) is 64.6 Å². The minimum absolute atomic E-state index is 0. The molecule has 2 aromatic carbocycles. The van der Waals surface area contributed by atoms with Gasteiger partial charge in [0.2, 0.25) is 0 Å². The van der Waals surface area contributed by atoms with E-state index in [-0.39, 0.29) is 40.8 Å². The third-order valence-corrected chi connectivity index (χ3v) is 3.14. The number of fused-ring (bicyclic) bond motifs is 1. The third kappa shape index (κ3) is 3.37. The average Bonchev–Trinajstić information content (AvgIpc) is 2.83. The van der Waals surface area contributed by atoms with Crippen LogP contribution in [-0.2, 0) is 0 Å². The zero-order valence-electron chi connectivity index (χ0n) is 12.2. The summed E-state index contributed by atoms with van der Waals surface area (Å²) < 4.78 is 0.945. The van der Waals surface area contributed by atoms with Gasteiger partial charge in [0.1, 0.15) is 0 Å². The molecule has 8 heteroatoms. The molecule has 110 valence electrons. The Balaban J connectivity index is 0.00000192. The largest absolute Gasteiger partial charge is 1.00 e. The number of benzene rings is 2. The Labute approximate surface area is 152 Å². The van der Waals surface area contributed by atoms with Gasteiger partial charge in [-0.3, -0.25) is 0 Å². The number of hydrogen-bond donors (Lipinski definition) is 2. The zero-order chi connectivity index (χ0) is 15.7. The predicted octanol–water partition coefficient (Wildman–Crippen LogP) is -2.22. The Hall–Kier alpha value is -2.35. The normalized spacial score (nSPS) is 10.1. The van der Waals surface area contributed by atoms with Gasteiger partial charge in [0.05, 0.1) is 17.0 Å². The van der Waals surface area contributed by atoms with Crippen molar-refractivity contribution in [3.8, 4) is 0 Å². The van der Waals surface area contributed by atoms with E-state index in [4.69, 9.17) is 0 Å². The topological polar surface area (TPSA) is 107 Å². The number of imidazole rings is 1. The SMILES string of the molecule is O=C([O-])c1cccc(NC(=O)n2c(=O)[nH]c3ccccc32)c1.[Na+]. The smallest absolute Gasteiger partial charge is 0.545 e. The van der Waals surface area contributed by atoms with E-state index in [1.807, 2.05) is 0 Å². The molecule has 7 nitrogen and oxygen atoms in total. The first-order valence-electron chi connectivity index (χ1n) is 6.39. The first-order chi connectivity index (χ1) is 10.6. The number of aromatic amines is 1. The molecule has 0 fully saturated rings. The van der Waals surface area contributed by atoms with Crippen LogP contribution in [0.4, 0.5) is 10.5 Å². The van der Waals surface area contributed by atoms with E-state index in [1.54, 1.807) is 24.3 Å². The molecular formula is C15H10N3NaO4. The Morgan fingerprint density at radius 3 is 2.57 bits per heavy atom. The summed E-state index contributed by atoms with van der Waals surface area (Å²) in [6, 6.07) is 11.7. The standard InChI is InChI=1S/C15H11N3O4.Na/c19-13(20)9-4-3-5-10(8-9)16-14(21)18-12-7-2-1-6-11(12)17-15(18)22;/h1-8H,(H,16,21)(H,17,22)(H,19,20);/q;+1/p-1. The molecule has 0 atom stereocenters. The van der Waals surface area contributed by atoms with Crippen LogP contribution in [0.5, 0.6) is 0 Å². The van der Waals surface area contributed by atoms with Crippen LogP contribution in [0.2, 0.25) is 0 Å². The second-order valence-electron chi connectivity index (χ2n) is 4.58. The minimum atomic E-state index is -1.35. The van der Waals surface area contributed by atoms with Crippen LogP contribution >= 0.6 is 0 Å². The van der Waals surface area contributed by atoms with Gasteiger partial charge in [-0.1, -0.05) is 24.3 Å². The van der Waals surface area contributed by atoms with Gasteiger partial charge in [-0.25, -0.2) is 14.2 Å². The van der Waals surface area contributed by atoms with Crippen LogP contribution < -0.4 is 45.7 Å². The molecule has 0 saturated carbocycles. The predicted molar refractivity (Wildman–Crippen MR) is 77.7 cm³/mol. The van der Waals surface area contributed by atoms with Crippen LogP contribution in [0.3, 0.4) is 0 Å². The number of hydrogen-bond acceptors (Lipinski definition) is 4. The molecule has 23 heavy (non-hydrogen) atoms. The Morgan fingerprint density at radius 1 is 1.09 bits per heavy atom.